The summed E-state index contributed by atoms with van der Waals surface area (Å²) in [4.78, 5) is 16.0. The summed E-state index contributed by atoms with van der Waals surface area (Å²) in [6.07, 6.45) is 1.40. The maximum Gasteiger partial charge on any atom is 0.319 e. The van der Waals surface area contributed by atoms with Gasteiger partial charge in [-0.2, -0.15) is 0 Å². The monoisotopic (exact) mass is 355 g/mol. The summed E-state index contributed by atoms with van der Waals surface area (Å²) < 4.78 is 25.0. The van der Waals surface area contributed by atoms with E-state index in [1.807, 2.05) is 20.8 Å². The Hall–Kier alpha value is -1.67. The van der Waals surface area contributed by atoms with E-state index in [2.05, 4.69) is 15.6 Å². The number of hydrogen-bond acceptors (Lipinski definition) is 5. The molecule has 6 nitrogen and oxygen atoms in total. The number of sulfone groups is 1. The van der Waals surface area contributed by atoms with E-state index >= 15 is 0 Å². The van der Waals surface area contributed by atoms with Crippen LogP contribution in [0.2, 0.25) is 0 Å². The van der Waals surface area contributed by atoms with Crippen LogP contribution in [0.1, 0.15) is 33.6 Å². The molecule has 0 radical (unpaired) electrons. The largest absolute Gasteiger partial charge is 0.335 e. The Kier molecular flexibility index (Phi) is 5.59. The molecule has 23 heavy (non-hydrogen) atoms. The Bertz CT molecular complexity index is 799. The van der Waals surface area contributed by atoms with Crippen molar-refractivity contribution in [3.63, 3.8) is 0 Å². The molecule has 0 bridgehead atoms. The fourth-order valence-corrected chi connectivity index (χ4v) is 4.68. The van der Waals surface area contributed by atoms with Crippen molar-refractivity contribution in [3.05, 3.63) is 18.2 Å². The lowest BCUT2D eigenvalue weighted by Gasteiger charge is -2.12. The van der Waals surface area contributed by atoms with Gasteiger partial charge in [0.25, 0.3) is 0 Å². The highest BCUT2D eigenvalue weighted by Crippen LogP contribution is 2.28. The number of fused-ring (bicyclic) bond motifs is 1. The molecule has 0 aliphatic heterocycles. The van der Waals surface area contributed by atoms with Gasteiger partial charge in [-0.3, -0.25) is 0 Å². The molecular weight excluding hydrogens is 334 g/mol. The number of benzene rings is 1. The lowest BCUT2D eigenvalue weighted by Crippen LogP contribution is -2.35. The number of aromatic nitrogens is 1. The molecule has 0 saturated heterocycles. The summed E-state index contributed by atoms with van der Waals surface area (Å²) in [5, 5.41) is 5.57. The van der Waals surface area contributed by atoms with Crippen molar-refractivity contribution in [1.82, 2.24) is 10.3 Å². The first-order valence-corrected chi connectivity index (χ1v) is 10.0. The SMILES string of the molecule is CCCS(=O)(=O)c1nc2ccc(NC(=O)N[C@H](C)CC)cc2s1. The molecular formula is C15H21N3O3S2. The van der Waals surface area contributed by atoms with E-state index in [1.54, 1.807) is 18.2 Å². The standard InChI is InChI=1S/C15H21N3O3S2/c1-4-8-23(20,21)15-18-12-7-6-11(9-13(12)22-15)17-14(19)16-10(3)5-2/h6-7,9-10H,4-5,8H2,1-3H3,(H2,16,17,19)/t10-/m1/s1. The summed E-state index contributed by atoms with van der Waals surface area (Å²) in [6, 6.07) is 4.99. The Morgan fingerprint density at radius 3 is 2.74 bits per heavy atom. The fourth-order valence-electron chi connectivity index (χ4n) is 1.96. The van der Waals surface area contributed by atoms with Crippen molar-refractivity contribution >= 4 is 43.1 Å². The predicted octanol–water partition coefficient (Wildman–Crippen LogP) is 3.40. The number of thiazole rings is 1. The van der Waals surface area contributed by atoms with Crippen molar-refractivity contribution < 1.29 is 13.2 Å². The quantitative estimate of drug-likeness (QED) is 0.831. The molecule has 2 rings (SSSR count). The molecule has 0 fully saturated rings. The van der Waals surface area contributed by atoms with Crippen LogP contribution in [0, 0.1) is 0 Å². The van der Waals surface area contributed by atoms with Crippen LogP contribution in [-0.2, 0) is 9.84 Å². The van der Waals surface area contributed by atoms with Crippen molar-refractivity contribution in [3.8, 4) is 0 Å². The summed E-state index contributed by atoms with van der Waals surface area (Å²) in [6.45, 7) is 5.74. The lowest BCUT2D eigenvalue weighted by molar-refractivity contribution is 0.249. The van der Waals surface area contributed by atoms with Crippen molar-refractivity contribution in [1.29, 1.82) is 0 Å². The number of carbonyl (C=O) groups excluding carboxylic acids is 1. The van der Waals surface area contributed by atoms with Gasteiger partial charge in [0.2, 0.25) is 14.2 Å². The van der Waals surface area contributed by atoms with Gasteiger partial charge in [0.1, 0.15) is 0 Å². The highest BCUT2D eigenvalue weighted by molar-refractivity contribution is 7.93. The van der Waals surface area contributed by atoms with E-state index in [9.17, 15) is 13.2 Å². The minimum atomic E-state index is -3.32. The first-order valence-electron chi connectivity index (χ1n) is 7.56. The third kappa shape index (κ3) is 4.42. The maximum atomic E-state index is 12.1. The maximum absolute atomic E-state index is 12.1. The van der Waals surface area contributed by atoms with Crippen LogP contribution in [0.5, 0.6) is 0 Å². The summed E-state index contributed by atoms with van der Waals surface area (Å²) >= 11 is 1.13. The number of carbonyl (C=O) groups is 1. The highest BCUT2D eigenvalue weighted by atomic mass is 32.2. The number of hydrogen-bond donors (Lipinski definition) is 2. The Labute approximate surface area is 140 Å². The first-order chi connectivity index (χ1) is 10.9. The smallest absolute Gasteiger partial charge is 0.319 e. The minimum absolute atomic E-state index is 0.0907. The highest BCUT2D eigenvalue weighted by Gasteiger charge is 2.18. The van der Waals surface area contributed by atoms with Crippen molar-refractivity contribution in [2.24, 2.45) is 0 Å². The van der Waals surface area contributed by atoms with Gasteiger partial charge in [-0.1, -0.05) is 13.8 Å². The Morgan fingerprint density at radius 1 is 1.35 bits per heavy atom. The molecule has 126 valence electrons. The molecule has 2 amide bonds. The van der Waals surface area contributed by atoms with E-state index in [0.717, 1.165) is 22.5 Å². The van der Waals surface area contributed by atoms with Crippen molar-refractivity contribution in [2.45, 2.75) is 44.0 Å². The summed E-state index contributed by atoms with van der Waals surface area (Å²) in [5.41, 5.74) is 1.24. The third-order valence-electron chi connectivity index (χ3n) is 3.36. The number of anilines is 1. The normalized spacial score (nSPS) is 13.0. The second-order valence-corrected chi connectivity index (χ2v) is 8.70. The first kappa shape index (κ1) is 17.7. The van der Waals surface area contributed by atoms with Crippen LogP contribution in [-0.4, -0.2) is 31.2 Å². The van der Waals surface area contributed by atoms with Crippen LogP contribution in [0.3, 0.4) is 0 Å². The van der Waals surface area contributed by atoms with E-state index in [0.29, 0.717) is 17.6 Å². The average Bonchev–Trinajstić information content (AvgIpc) is 2.91. The summed E-state index contributed by atoms with van der Waals surface area (Å²) in [7, 11) is -3.32. The van der Waals surface area contributed by atoms with Crippen LogP contribution in [0.4, 0.5) is 10.5 Å². The number of rotatable bonds is 6. The zero-order valence-corrected chi connectivity index (χ0v) is 15.1. The molecule has 0 aliphatic carbocycles. The van der Waals surface area contributed by atoms with Gasteiger partial charge in [-0.15, -0.1) is 11.3 Å². The van der Waals surface area contributed by atoms with Gasteiger partial charge < -0.3 is 10.6 Å². The molecule has 0 aliphatic rings. The average molecular weight is 355 g/mol. The Morgan fingerprint density at radius 2 is 2.09 bits per heavy atom. The van der Waals surface area contributed by atoms with Crippen LogP contribution in [0.15, 0.2) is 22.5 Å². The molecule has 1 atom stereocenters. The van der Waals surface area contributed by atoms with Crippen LogP contribution >= 0.6 is 11.3 Å². The lowest BCUT2D eigenvalue weighted by atomic mass is 10.2. The molecule has 0 spiro atoms. The van der Waals surface area contributed by atoms with E-state index in [4.69, 9.17) is 0 Å². The summed E-state index contributed by atoms with van der Waals surface area (Å²) in [5.74, 6) is 0.0925. The zero-order valence-electron chi connectivity index (χ0n) is 13.4. The second kappa shape index (κ2) is 7.27. The second-order valence-electron chi connectivity index (χ2n) is 5.39. The predicted molar refractivity (Wildman–Crippen MR) is 93.9 cm³/mol. The number of nitrogens with zero attached hydrogens (tertiary/aromatic N) is 1. The van der Waals surface area contributed by atoms with E-state index in [1.165, 1.54) is 0 Å². The number of urea groups is 1. The van der Waals surface area contributed by atoms with Gasteiger partial charge in [-0.05, 0) is 38.0 Å². The van der Waals surface area contributed by atoms with Crippen LogP contribution in [0.25, 0.3) is 10.2 Å². The third-order valence-corrected chi connectivity index (χ3v) is 6.75. The van der Waals surface area contributed by atoms with Gasteiger partial charge in [0, 0.05) is 11.7 Å². The fraction of sp³-hybridized carbons (Fsp3) is 0.467. The van der Waals surface area contributed by atoms with Crippen LogP contribution < -0.4 is 10.6 Å². The molecule has 1 aromatic carbocycles. The number of nitrogens with one attached hydrogen (secondary N) is 2. The molecule has 0 saturated carbocycles. The molecule has 0 unspecified atom stereocenters. The molecule has 2 N–H and O–H groups in total. The van der Waals surface area contributed by atoms with Gasteiger partial charge >= 0.3 is 6.03 Å². The Balaban J connectivity index is 2.21. The van der Waals surface area contributed by atoms with E-state index in [-0.39, 0.29) is 22.2 Å². The minimum Gasteiger partial charge on any atom is -0.335 e. The van der Waals surface area contributed by atoms with Gasteiger partial charge in [0.05, 0.1) is 16.0 Å². The molecule has 1 heterocycles. The molecule has 8 heteroatoms. The van der Waals surface area contributed by atoms with Gasteiger partial charge in [0.15, 0.2) is 0 Å². The number of amides is 2. The molecule has 2 aromatic rings. The van der Waals surface area contributed by atoms with E-state index < -0.39 is 9.84 Å². The molecule has 1 aromatic heterocycles. The topological polar surface area (TPSA) is 88.2 Å². The van der Waals surface area contributed by atoms with Crippen molar-refractivity contribution in [2.75, 3.05) is 11.1 Å². The zero-order chi connectivity index (χ0) is 17.0. The van der Waals surface area contributed by atoms with Gasteiger partial charge in [-0.25, -0.2) is 18.2 Å².